The van der Waals surface area contributed by atoms with Crippen LogP contribution in [0, 0.1) is 11.6 Å². The van der Waals surface area contributed by atoms with Crippen LogP contribution < -0.4 is 5.32 Å². The lowest BCUT2D eigenvalue weighted by Gasteiger charge is -2.34. The SMILES string of the molecule is O=C(CN1CCN(C(=O)c2ccc(F)c(F)c2)CC1)NC1CC1. The van der Waals surface area contributed by atoms with Crippen molar-refractivity contribution in [3.63, 3.8) is 0 Å². The third-order valence-electron chi connectivity index (χ3n) is 4.14. The first-order valence-electron chi connectivity index (χ1n) is 7.79. The topological polar surface area (TPSA) is 52.7 Å². The molecule has 1 aromatic rings. The molecule has 0 radical (unpaired) electrons. The van der Waals surface area contributed by atoms with Gasteiger partial charge < -0.3 is 10.2 Å². The molecule has 1 aliphatic carbocycles. The van der Waals surface area contributed by atoms with Gasteiger partial charge >= 0.3 is 0 Å². The quantitative estimate of drug-likeness (QED) is 0.899. The fourth-order valence-electron chi connectivity index (χ4n) is 2.62. The minimum absolute atomic E-state index is 0.0212. The van der Waals surface area contributed by atoms with Crippen LogP contribution >= 0.6 is 0 Å². The second kappa shape index (κ2) is 6.62. The van der Waals surface area contributed by atoms with Gasteiger partial charge in [-0.1, -0.05) is 0 Å². The minimum Gasteiger partial charge on any atom is -0.352 e. The van der Waals surface area contributed by atoms with E-state index in [4.69, 9.17) is 0 Å². The Kier molecular flexibility index (Phi) is 4.56. The normalized spacial score (nSPS) is 18.8. The molecule has 0 atom stereocenters. The van der Waals surface area contributed by atoms with Gasteiger partial charge in [0.15, 0.2) is 11.6 Å². The Morgan fingerprint density at radius 1 is 1.09 bits per heavy atom. The molecule has 0 aromatic heterocycles. The fourth-order valence-corrected chi connectivity index (χ4v) is 2.62. The molecule has 1 aromatic carbocycles. The van der Waals surface area contributed by atoms with Crippen molar-refractivity contribution in [1.82, 2.24) is 15.1 Å². The summed E-state index contributed by atoms with van der Waals surface area (Å²) < 4.78 is 26.2. The van der Waals surface area contributed by atoms with E-state index in [0.717, 1.165) is 25.0 Å². The largest absolute Gasteiger partial charge is 0.352 e. The Morgan fingerprint density at radius 2 is 1.78 bits per heavy atom. The van der Waals surface area contributed by atoms with E-state index in [2.05, 4.69) is 5.32 Å². The average Bonchev–Trinajstić information content (AvgIpc) is 3.34. The molecule has 3 rings (SSSR count). The minimum atomic E-state index is -1.02. The average molecular weight is 323 g/mol. The molecule has 5 nitrogen and oxygen atoms in total. The summed E-state index contributed by atoms with van der Waals surface area (Å²) >= 11 is 0. The van der Waals surface area contributed by atoms with E-state index in [9.17, 15) is 18.4 Å². The third-order valence-corrected chi connectivity index (χ3v) is 4.14. The summed E-state index contributed by atoms with van der Waals surface area (Å²) in [6.45, 7) is 2.45. The van der Waals surface area contributed by atoms with Crippen LogP contribution in [0.4, 0.5) is 8.78 Å². The number of carbonyl (C=O) groups excluding carboxylic acids is 2. The van der Waals surface area contributed by atoms with Crippen molar-refractivity contribution in [2.45, 2.75) is 18.9 Å². The van der Waals surface area contributed by atoms with Crippen LogP contribution in [0.1, 0.15) is 23.2 Å². The smallest absolute Gasteiger partial charge is 0.254 e. The van der Waals surface area contributed by atoms with E-state index in [1.807, 2.05) is 4.90 Å². The predicted octanol–water partition coefficient (Wildman–Crippen LogP) is 1.00. The highest BCUT2D eigenvalue weighted by Crippen LogP contribution is 2.18. The van der Waals surface area contributed by atoms with E-state index in [0.29, 0.717) is 38.8 Å². The summed E-state index contributed by atoms with van der Waals surface area (Å²) in [5, 5.41) is 2.93. The molecule has 23 heavy (non-hydrogen) atoms. The molecular formula is C16H19F2N3O2. The van der Waals surface area contributed by atoms with Crippen LogP contribution in [-0.4, -0.2) is 60.4 Å². The zero-order valence-corrected chi connectivity index (χ0v) is 12.7. The molecule has 7 heteroatoms. The Hall–Kier alpha value is -2.02. The van der Waals surface area contributed by atoms with Gasteiger partial charge in [0.25, 0.3) is 5.91 Å². The van der Waals surface area contributed by atoms with Crippen molar-refractivity contribution in [1.29, 1.82) is 0 Å². The van der Waals surface area contributed by atoms with E-state index in [1.165, 1.54) is 6.07 Å². The zero-order chi connectivity index (χ0) is 16.4. The number of benzene rings is 1. The molecule has 1 saturated carbocycles. The van der Waals surface area contributed by atoms with Gasteiger partial charge in [-0.05, 0) is 31.0 Å². The summed E-state index contributed by atoms with van der Waals surface area (Å²) in [5.41, 5.74) is 0.142. The molecule has 1 heterocycles. The Balaban J connectivity index is 1.50. The first-order valence-corrected chi connectivity index (χ1v) is 7.79. The summed E-state index contributed by atoms with van der Waals surface area (Å²) in [6.07, 6.45) is 2.12. The standard InChI is InChI=1S/C16H19F2N3O2/c17-13-4-1-11(9-14(13)18)16(23)21-7-5-20(6-8-21)10-15(22)19-12-2-3-12/h1,4,9,12H,2-3,5-8,10H2,(H,19,22). The number of amides is 2. The first-order chi connectivity index (χ1) is 11.0. The molecule has 2 aliphatic rings. The van der Waals surface area contributed by atoms with Crippen LogP contribution in [-0.2, 0) is 4.79 Å². The second-order valence-electron chi connectivity index (χ2n) is 6.04. The van der Waals surface area contributed by atoms with Crippen molar-refractivity contribution in [3.05, 3.63) is 35.4 Å². The van der Waals surface area contributed by atoms with Crippen molar-refractivity contribution in [2.24, 2.45) is 0 Å². The summed E-state index contributed by atoms with van der Waals surface area (Å²) in [4.78, 5) is 27.6. The van der Waals surface area contributed by atoms with E-state index in [1.54, 1.807) is 4.90 Å². The van der Waals surface area contributed by atoms with Gasteiger partial charge in [0.05, 0.1) is 6.54 Å². The lowest BCUT2D eigenvalue weighted by atomic mass is 10.1. The van der Waals surface area contributed by atoms with E-state index < -0.39 is 11.6 Å². The highest BCUT2D eigenvalue weighted by molar-refractivity contribution is 5.94. The molecule has 0 bridgehead atoms. The number of nitrogens with one attached hydrogen (secondary N) is 1. The van der Waals surface area contributed by atoms with Crippen LogP contribution in [0.15, 0.2) is 18.2 Å². The molecular weight excluding hydrogens is 304 g/mol. The highest BCUT2D eigenvalue weighted by Gasteiger charge is 2.26. The Bertz CT molecular complexity index is 611. The Labute approximate surface area is 133 Å². The molecule has 0 unspecified atom stereocenters. The lowest BCUT2D eigenvalue weighted by Crippen LogP contribution is -2.51. The number of rotatable bonds is 4. The number of halogens is 2. The molecule has 0 spiro atoms. The maximum atomic E-state index is 13.2. The van der Waals surface area contributed by atoms with Crippen molar-refractivity contribution < 1.29 is 18.4 Å². The number of carbonyl (C=O) groups is 2. The van der Waals surface area contributed by atoms with Gasteiger partial charge in [-0.2, -0.15) is 0 Å². The van der Waals surface area contributed by atoms with Gasteiger partial charge in [-0.3, -0.25) is 14.5 Å². The Morgan fingerprint density at radius 3 is 2.39 bits per heavy atom. The van der Waals surface area contributed by atoms with Crippen molar-refractivity contribution in [3.8, 4) is 0 Å². The molecule has 2 amide bonds. The van der Waals surface area contributed by atoms with Gasteiger partial charge in [0.2, 0.25) is 5.91 Å². The fraction of sp³-hybridized carbons (Fsp3) is 0.500. The van der Waals surface area contributed by atoms with Crippen LogP contribution in [0.5, 0.6) is 0 Å². The monoisotopic (exact) mass is 323 g/mol. The van der Waals surface area contributed by atoms with Crippen LogP contribution in [0.3, 0.4) is 0 Å². The third kappa shape index (κ3) is 4.04. The molecule has 1 aliphatic heterocycles. The number of nitrogens with zero attached hydrogens (tertiary/aromatic N) is 2. The molecule has 2 fully saturated rings. The van der Waals surface area contributed by atoms with Crippen molar-refractivity contribution >= 4 is 11.8 Å². The molecule has 124 valence electrons. The first kappa shape index (κ1) is 15.9. The maximum Gasteiger partial charge on any atom is 0.254 e. The maximum absolute atomic E-state index is 13.2. The second-order valence-corrected chi connectivity index (χ2v) is 6.04. The number of piperazine rings is 1. The van der Waals surface area contributed by atoms with Gasteiger partial charge in [0.1, 0.15) is 0 Å². The van der Waals surface area contributed by atoms with Crippen LogP contribution in [0.25, 0.3) is 0 Å². The summed E-state index contributed by atoms with van der Waals surface area (Å²) in [7, 11) is 0. The zero-order valence-electron chi connectivity index (χ0n) is 12.7. The van der Waals surface area contributed by atoms with E-state index >= 15 is 0 Å². The van der Waals surface area contributed by atoms with Crippen molar-refractivity contribution in [2.75, 3.05) is 32.7 Å². The summed E-state index contributed by atoms with van der Waals surface area (Å²) in [6, 6.07) is 3.52. The lowest BCUT2D eigenvalue weighted by molar-refractivity contribution is -0.122. The van der Waals surface area contributed by atoms with Gasteiger partial charge in [0, 0.05) is 37.8 Å². The van der Waals surface area contributed by atoms with Crippen LogP contribution in [0.2, 0.25) is 0 Å². The van der Waals surface area contributed by atoms with E-state index in [-0.39, 0.29) is 17.4 Å². The highest BCUT2D eigenvalue weighted by atomic mass is 19.2. The van der Waals surface area contributed by atoms with Gasteiger partial charge in [-0.15, -0.1) is 0 Å². The summed E-state index contributed by atoms with van der Waals surface area (Å²) in [5.74, 6) is -2.28. The molecule has 1 saturated heterocycles. The number of hydrogen-bond donors (Lipinski definition) is 1. The predicted molar refractivity (Wildman–Crippen MR) is 79.9 cm³/mol. The van der Waals surface area contributed by atoms with Gasteiger partial charge in [-0.25, -0.2) is 8.78 Å². The molecule has 1 N–H and O–H groups in total. The number of hydrogen-bond acceptors (Lipinski definition) is 3.